The second-order valence-corrected chi connectivity index (χ2v) is 5.64. The summed E-state index contributed by atoms with van der Waals surface area (Å²) >= 11 is 5.29. The van der Waals surface area contributed by atoms with Gasteiger partial charge in [0, 0.05) is 5.56 Å². The van der Waals surface area contributed by atoms with E-state index in [0.29, 0.717) is 22.1 Å². The summed E-state index contributed by atoms with van der Waals surface area (Å²) in [5.41, 5.74) is 1.70. The van der Waals surface area contributed by atoms with E-state index < -0.39 is 0 Å². The predicted octanol–water partition coefficient (Wildman–Crippen LogP) is 3.52. The Morgan fingerprint density at radius 1 is 1.00 bits per heavy atom. The molecule has 0 spiro atoms. The number of benzene rings is 2. The van der Waals surface area contributed by atoms with Crippen molar-refractivity contribution in [2.75, 3.05) is 21.3 Å². The van der Waals surface area contributed by atoms with E-state index in [1.807, 2.05) is 42.5 Å². The van der Waals surface area contributed by atoms with Crippen molar-refractivity contribution in [3.05, 3.63) is 52.8 Å². The molecule has 7 nitrogen and oxygen atoms in total. The van der Waals surface area contributed by atoms with Crippen LogP contribution < -0.4 is 14.2 Å². The van der Waals surface area contributed by atoms with E-state index in [2.05, 4.69) is 15.3 Å². The number of hydrogen-bond acceptors (Lipinski definition) is 6. The quantitative estimate of drug-likeness (QED) is 0.531. The molecular formula is C18H18N4O3S. The van der Waals surface area contributed by atoms with Gasteiger partial charge in [0.15, 0.2) is 17.3 Å². The van der Waals surface area contributed by atoms with Crippen molar-refractivity contribution < 1.29 is 14.2 Å². The number of nitrogens with zero attached hydrogens (tertiary/aromatic N) is 3. The molecule has 0 radical (unpaired) electrons. The fraction of sp³-hybridized carbons (Fsp3) is 0.167. The highest BCUT2D eigenvalue weighted by Gasteiger charge is 2.12. The molecule has 0 aliphatic carbocycles. The number of ether oxygens (including phenoxy) is 3. The molecule has 1 heterocycles. The highest BCUT2D eigenvalue weighted by atomic mass is 32.1. The summed E-state index contributed by atoms with van der Waals surface area (Å²) < 4.78 is 17.7. The van der Waals surface area contributed by atoms with E-state index in [9.17, 15) is 0 Å². The van der Waals surface area contributed by atoms with Crippen molar-refractivity contribution in [1.29, 1.82) is 0 Å². The summed E-state index contributed by atoms with van der Waals surface area (Å²) in [6, 6.07) is 13.0. The van der Waals surface area contributed by atoms with Crippen molar-refractivity contribution in [1.82, 2.24) is 14.9 Å². The molecule has 0 aliphatic rings. The van der Waals surface area contributed by atoms with Gasteiger partial charge in [-0.15, -0.1) is 0 Å². The maximum Gasteiger partial charge on any atom is 0.216 e. The minimum absolute atomic E-state index is 0.388. The van der Waals surface area contributed by atoms with Gasteiger partial charge in [-0.3, -0.25) is 0 Å². The Morgan fingerprint density at radius 3 is 2.38 bits per heavy atom. The third kappa shape index (κ3) is 3.60. The largest absolute Gasteiger partial charge is 0.497 e. The topological polar surface area (TPSA) is 73.7 Å². The first kappa shape index (κ1) is 17.7. The molecule has 0 unspecified atom stereocenters. The Kier molecular flexibility index (Phi) is 5.33. The van der Waals surface area contributed by atoms with Crippen molar-refractivity contribution in [3.8, 4) is 28.6 Å². The number of nitrogens with one attached hydrogen (secondary N) is 1. The SMILES string of the molecule is COc1ccc(/C=N/n2c(-c3ccc(OC)c(OC)c3)n[nH]c2=S)cc1. The maximum atomic E-state index is 5.35. The molecule has 2 aromatic carbocycles. The van der Waals surface area contributed by atoms with Crippen LogP contribution in [0.1, 0.15) is 5.56 Å². The Labute approximate surface area is 155 Å². The third-order valence-corrected chi connectivity index (χ3v) is 3.99. The lowest BCUT2D eigenvalue weighted by Gasteiger charge is -2.09. The first-order valence-corrected chi connectivity index (χ1v) is 8.15. The van der Waals surface area contributed by atoms with Crippen LogP contribution in [-0.4, -0.2) is 42.4 Å². The molecule has 26 heavy (non-hydrogen) atoms. The smallest absolute Gasteiger partial charge is 0.216 e. The summed E-state index contributed by atoms with van der Waals surface area (Å²) in [7, 11) is 4.80. The molecule has 0 saturated heterocycles. The summed E-state index contributed by atoms with van der Waals surface area (Å²) in [5, 5.41) is 11.5. The minimum atomic E-state index is 0.388. The van der Waals surface area contributed by atoms with Gasteiger partial charge in [0.2, 0.25) is 4.77 Å². The molecule has 0 atom stereocenters. The number of aromatic nitrogens is 3. The van der Waals surface area contributed by atoms with Crippen LogP contribution >= 0.6 is 12.2 Å². The summed E-state index contributed by atoms with van der Waals surface area (Å²) in [4.78, 5) is 0. The Balaban J connectivity index is 1.96. The highest BCUT2D eigenvalue weighted by molar-refractivity contribution is 7.71. The van der Waals surface area contributed by atoms with E-state index in [0.717, 1.165) is 16.9 Å². The van der Waals surface area contributed by atoms with Crippen LogP contribution in [0.5, 0.6) is 17.2 Å². The van der Waals surface area contributed by atoms with Crippen LogP contribution in [0.4, 0.5) is 0 Å². The number of aromatic amines is 1. The van der Waals surface area contributed by atoms with Crippen LogP contribution in [-0.2, 0) is 0 Å². The molecule has 1 aromatic heterocycles. The third-order valence-electron chi connectivity index (χ3n) is 3.73. The van der Waals surface area contributed by atoms with Gasteiger partial charge in [0.1, 0.15) is 5.75 Å². The number of methoxy groups -OCH3 is 3. The minimum Gasteiger partial charge on any atom is -0.497 e. The van der Waals surface area contributed by atoms with Gasteiger partial charge in [-0.05, 0) is 60.2 Å². The first-order chi connectivity index (χ1) is 12.7. The van der Waals surface area contributed by atoms with E-state index in [1.54, 1.807) is 32.2 Å². The highest BCUT2D eigenvalue weighted by Crippen LogP contribution is 2.31. The van der Waals surface area contributed by atoms with Crippen molar-refractivity contribution >= 4 is 18.4 Å². The lowest BCUT2D eigenvalue weighted by molar-refractivity contribution is 0.355. The molecule has 0 aliphatic heterocycles. The summed E-state index contributed by atoms with van der Waals surface area (Å²) in [5.74, 6) is 2.59. The van der Waals surface area contributed by atoms with Gasteiger partial charge in [-0.1, -0.05) is 0 Å². The molecule has 0 amide bonds. The molecule has 3 aromatic rings. The standard InChI is InChI=1S/C18H18N4O3S/c1-23-14-7-4-12(5-8-14)11-19-22-17(20-21-18(22)26)13-6-9-15(24-2)16(10-13)25-3/h4-11H,1-3H3,(H,21,26)/b19-11+. The van der Waals surface area contributed by atoms with Gasteiger partial charge in [-0.25, -0.2) is 5.10 Å². The van der Waals surface area contributed by atoms with E-state index >= 15 is 0 Å². The molecule has 3 rings (SSSR count). The Hall–Kier alpha value is -3.13. The predicted molar refractivity (Wildman–Crippen MR) is 102 cm³/mol. The monoisotopic (exact) mass is 370 g/mol. The summed E-state index contributed by atoms with van der Waals surface area (Å²) in [6.07, 6.45) is 1.70. The van der Waals surface area contributed by atoms with Gasteiger partial charge in [-0.2, -0.15) is 14.9 Å². The van der Waals surface area contributed by atoms with Crippen LogP contribution in [0.25, 0.3) is 11.4 Å². The molecular weight excluding hydrogens is 352 g/mol. The molecule has 1 N–H and O–H groups in total. The average Bonchev–Trinajstić information content (AvgIpc) is 3.06. The number of hydrogen-bond donors (Lipinski definition) is 1. The fourth-order valence-corrected chi connectivity index (χ4v) is 2.55. The van der Waals surface area contributed by atoms with E-state index in [4.69, 9.17) is 26.4 Å². The zero-order valence-electron chi connectivity index (χ0n) is 14.6. The molecule has 134 valence electrons. The van der Waals surface area contributed by atoms with Crippen molar-refractivity contribution in [3.63, 3.8) is 0 Å². The molecule has 0 fully saturated rings. The molecule has 0 saturated carbocycles. The fourth-order valence-electron chi connectivity index (χ4n) is 2.38. The summed E-state index contributed by atoms with van der Waals surface area (Å²) in [6.45, 7) is 0. The average molecular weight is 370 g/mol. The Morgan fingerprint density at radius 2 is 1.73 bits per heavy atom. The zero-order valence-corrected chi connectivity index (χ0v) is 15.4. The van der Waals surface area contributed by atoms with Crippen LogP contribution in [0.2, 0.25) is 0 Å². The number of H-pyrrole nitrogens is 1. The van der Waals surface area contributed by atoms with Gasteiger partial charge >= 0.3 is 0 Å². The van der Waals surface area contributed by atoms with Gasteiger partial charge in [0.25, 0.3) is 0 Å². The lowest BCUT2D eigenvalue weighted by atomic mass is 10.2. The van der Waals surface area contributed by atoms with E-state index in [-0.39, 0.29) is 0 Å². The second kappa shape index (κ2) is 7.83. The maximum absolute atomic E-state index is 5.35. The van der Waals surface area contributed by atoms with Crippen LogP contribution in [0, 0.1) is 4.77 Å². The normalized spacial score (nSPS) is 10.9. The van der Waals surface area contributed by atoms with Crippen LogP contribution in [0.3, 0.4) is 0 Å². The van der Waals surface area contributed by atoms with Gasteiger partial charge in [0.05, 0.1) is 27.5 Å². The van der Waals surface area contributed by atoms with Crippen LogP contribution in [0.15, 0.2) is 47.6 Å². The van der Waals surface area contributed by atoms with Crippen molar-refractivity contribution in [2.24, 2.45) is 5.10 Å². The molecule has 0 bridgehead atoms. The van der Waals surface area contributed by atoms with Gasteiger partial charge < -0.3 is 14.2 Å². The van der Waals surface area contributed by atoms with E-state index in [1.165, 1.54) is 0 Å². The Bertz CT molecular complexity index is 977. The number of rotatable bonds is 6. The second-order valence-electron chi connectivity index (χ2n) is 5.25. The zero-order chi connectivity index (χ0) is 18.5. The first-order valence-electron chi connectivity index (χ1n) is 7.74. The lowest BCUT2D eigenvalue weighted by Crippen LogP contribution is -1.96. The van der Waals surface area contributed by atoms with Crippen molar-refractivity contribution in [2.45, 2.75) is 0 Å². The molecule has 8 heteroatoms.